The minimum Gasteiger partial charge on any atom is -0.497 e. The van der Waals surface area contributed by atoms with Crippen LogP contribution in [0.2, 0.25) is 0 Å². The van der Waals surface area contributed by atoms with Crippen molar-refractivity contribution in [1.29, 1.82) is 0 Å². The second-order valence-electron chi connectivity index (χ2n) is 6.74. The molecule has 2 aromatic heterocycles. The summed E-state index contributed by atoms with van der Waals surface area (Å²) in [6, 6.07) is 9.37. The van der Waals surface area contributed by atoms with E-state index in [-0.39, 0.29) is 0 Å². The van der Waals surface area contributed by atoms with E-state index >= 15 is 0 Å². The number of aromatic amines is 1. The minimum absolute atomic E-state index is 0.299. The summed E-state index contributed by atoms with van der Waals surface area (Å²) < 4.78 is 11.2. The Bertz CT molecular complexity index is 897. The number of imidazole rings is 1. The van der Waals surface area contributed by atoms with Crippen molar-refractivity contribution in [3.05, 3.63) is 60.1 Å². The van der Waals surface area contributed by atoms with Crippen molar-refractivity contribution >= 4 is 0 Å². The Hall–Kier alpha value is -2.93. The van der Waals surface area contributed by atoms with Crippen molar-refractivity contribution in [1.82, 2.24) is 24.8 Å². The predicted molar refractivity (Wildman–Crippen MR) is 101 cm³/mol. The van der Waals surface area contributed by atoms with Crippen LogP contribution in [0.5, 0.6) is 17.4 Å². The molecule has 0 spiro atoms. The maximum absolute atomic E-state index is 5.95. The van der Waals surface area contributed by atoms with Crippen LogP contribution < -0.4 is 9.47 Å². The number of nitrogens with one attached hydrogen (secondary N) is 1. The van der Waals surface area contributed by atoms with E-state index in [1.807, 2.05) is 43.5 Å². The second-order valence-corrected chi connectivity index (χ2v) is 6.74. The number of ether oxygens (including phenoxy) is 2. The van der Waals surface area contributed by atoms with Gasteiger partial charge in [-0.2, -0.15) is 4.98 Å². The summed E-state index contributed by atoms with van der Waals surface area (Å²) in [6.07, 6.45) is 4.67. The Kier molecular flexibility index (Phi) is 5.02. The van der Waals surface area contributed by atoms with Gasteiger partial charge in [-0.15, -0.1) is 0 Å². The SMILES string of the molecule is COc1cccc(Oc2cc(C)nc(C3CCN(Cc4ncc[nH]4)C3)n2)c1. The quantitative estimate of drug-likeness (QED) is 0.722. The highest BCUT2D eigenvalue weighted by molar-refractivity contribution is 5.35. The fraction of sp³-hybridized carbons (Fsp3) is 0.350. The highest BCUT2D eigenvalue weighted by Gasteiger charge is 2.27. The van der Waals surface area contributed by atoms with Gasteiger partial charge in [0, 0.05) is 42.7 Å². The number of hydrogen-bond acceptors (Lipinski definition) is 6. The topological polar surface area (TPSA) is 76.2 Å². The van der Waals surface area contributed by atoms with Gasteiger partial charge < -0.3 is 14.5 Å². The van der Waals surface area contributed by atoms with Crippen LogP contribution in [-0.4, -0.2) is 45.0 Å². The number of likely N-dealkylation sites (tertiary alicyclic amines) is 1. The van der Waals surface area contributed by atoms with Gasteiger partial charge in [-0.05, 0) is 32.0 Å². The maximum atomic E-state index is 5.95. The molecule has 0 radical (unpaired) electrons. The summed E-state index contributed by atoms with van der Waals surface area (Å²) >= 11 is 0. The van der Waals surface area contributed by atoms with Gasteiger partial charge in [-0.3, -0.25) is 4.90 Å². The molecule has 3 aromatic rings. The zero-order valence-electron chi connectivity index (χ0n) is 15.6. The van der Waals surface area contributed by atoms with Crippen molar-refractivity contribution in [3.8, 4) is 17.4 Å². The zero-order valence-corrected chi connectivity index (χ0v) is 15.6. The molecule has 1 aliphatic heterocycles. The van der Waals surface area contributed by atoms with Gasteiger partial charge >= 0.3 is 0 Å². The van der Waals surface area contributed by atoms with Gasteiger partial charge in [0.05, 0.1) is 13.7 Å². The van der Waals surface area contributed by atoms with E-state index in [1.165, 1.54) is 0 Å². The second kappa shape index (κ2) is 7.75. The summed E-state index contributed by atoms with van der Waals surface area (Å²) in [5.74, 6) is 4.15. The first-order valence-electron chi connectivity index (χ1n) is 9.07. The number of methoxy groups -OCH3 is 1. The third kappa shape index (κ3) is 4.25. The Morgan fingerprint density at radius 3 is 2.93 bits per heavy atom. The zero-order chi connectivity index (χ0) is 18.6. The summed E-state index contributed by atoms with van der Waals surface area (Å²) in [4.78, 5) is 19.2. The van der Waals surface area contributed by atoms with Crippen LogP contribution in [0.4, 0.5) is 0 Å². The lowest BCUT2D eigenvalue weighted by Crippen LogP contribution is -2.21. The van der Waals surface area contributed by atoms with Crippen LogP contribution in [0, 0.1) is 6.92 Å². The van der Waals surface area contributed by atoms with Gasteiger partial charge in [0.2, 0.25) is 5.88 Å². The molecule has 0 aliphatic carbocycles. The lowest BCUT2D eigenvalue weighted by atomic mass is 10.1. The van der Waals surface area contributed by atoms with E-state index in [9.17, 15) is 0 Å². The first kappa shape index (κ1) is 17.5. The van der Waals surface area contributed by atoms with E-state index in [0.29, 0.717) is 17.5 Å². The number of benzene rings is 1. The molecule has 1 aliphatic rings. The molecule has 1 saturated heterocycles. The highest BCUT2D eigenvalue weighted by Crippen LogP contribution is 2.29. The lowest BCUT2D eigenvalue weighted by Gasteiger charge is -2.15. The molecule has 1 N–H and O–H groups in total. The van der Waals surface area contributed by atoms with Crippen molar-refractivity contribution < 1.29 is 9.47 Å². The van der Waals surface area contributed by atoms with E-state index in [1.54, 1.807) is 13.3 Å². The largest absolute Gasteiger partial charge is 0.497 e. The van der Waals surface area contributed by atoms with Gasteiger partial charge in [0.15, 0.2) is 0 Å². The highest BCUT2D eigenvalue weighted by atomic mass is 16.5. The van der Waals surface area contributed by atoms with Crippen LogP contribution >= 0.6 is 0 Å². The third-order valence-electron chi connectivity index (χ3n) is 4.68. The smallest absolute Gasteiger partial charge is 0.222 e. The molecule has 27 heavy (non-hydrogen) atoms. The van der Waals surface area contributed by atoms with Crippen molar-refractivity contribution in [2.75, 3.05) is 20.2 Å². The maximum Gasteiger partial charge on any atom is 0.222 e. The number of aromatic nitrogens is 4. The van der Waals surface area contributed by atoms with Crippen LogP contribution in [0.25, 0.3) is 0 Å². The van der Waals surface area contributed by atoms with Crippen LogP contribution in [-0.2, 0) is 6.54 Å². The molecular formula is C20H23N5O2. The van der Waals surface area contributed by atoms with Gasteiger partial charge in [0.1, 0.15) is 23.1 Å². The fourth-order valence-corrected chi connectivity index (χ4v) is 3.37. The molecule has 0 saturated carbocycles. The monoisotopic (exact) mass is 365 g/mol. The number of aryl methyl sites for hydroxylation is 1. The van der Waals surface area contributed by atoms with E-state index in [0.717, 1.165) is 49.1 Å². The molecule has 7 nitrogen and oxygen atoms in total. The molecule has 1 unspecified atom stereocenters. The average Bonchev–Trinajstić information content (AvgIpc) is 3.34. The summed E-state index contributed by atoms with van der Waals surface area (Å²) in [5.41, 5.74) is 0.905. The molecule has 0 amide bonds. The number of nitrogens with zero attached hydrogens (tertiary/aromatic N) is 4. The molecule has 3 heterocycles. The molecule has 140 valence electrons. The van der Waals surface area contributed by atoms with Crippen molar-refractivity contribution in [2.45, 2.75) is 25.8 Å². The Balaban J connectivity index is 1.47. The summed E-state index contributed by atoms with van der Waals surface area (Å²) in [5, 5.41) is 0. The van der Waals surface area contributed by atoms with Crippen LogP contribution in [0.15, 0.2) is 42.7 Å². The minimum atomic E-state index is 0.299. The Morgan fingerprint density at radius 2 is 2.11 bits per heavy atom. The van der Waals surface area contributed by atoms with Gasteiger partial charge in [-0.1, -0.05) is 6.07 Å². The normalized spacial score (nSPS) is 17.2. The molecule has 1 aromatic carbocycles. The Morgan fingerprint density at radius 1 is 1.22 bits per heavy atom. The standard InChI is InChI=1S/C20H23N5O2/c1-14-10-19(27-17-5-3-4-16(11-17)26-2)24-20(23-14)15-6-9-25(12-15)13-18-21-7-8-22-18/h3-5,7-8,10-11,15H,6,9,12-13H2,1-2H3,(H,21,22). The lowest BCUT2D eigenvalue weighted by molar-refractivity contribution is 0.317. The molecule has 4 rings (SSSR count). The number of hydrogen-bond donors (Lipinski definition) is 1. The molecule has 7 heteroatoms. The average molecular weight is 365 g/mol. The predicted octanol–water partition coefficient (Wildman–Crippen LogP) is 3.30. The first-order chi connectivity index (χ1) is 13.2. The van der Waals surface area contributed by atoms with E-state index < -0.39 is 0 Å². The first-order valence-corrected chi connectivity index (χ1v) is 9.07. The van der Waals surface area contributed by atoms with Gasteiger partial charge in [-0.25, -0.2) is 9.97 Å². The molecule has 0 bridgehead atoms. The summed E-state index contributed by atoms with van der Waals surface area (Å²) in [7, 11) is 1.64. The van der Waals surface area contributed by atoms with Crippen LogP contribution in [0.3, 0.4) is 0 Å². The van der Waals surface area contributed by atoms with E-state index in [2.05, 4.69) is 24.8 Å². The van der Waals surface area contributed by atoms with Gasteiger partial charge in [0.25, 0.3) is 0 Å². The fourth-order valence-electron chi connectivity index (χ4n) is 3.37. The molecular weight excluding hydrogens is 342 g/mol. The molecule has 1 fully saturated rings. The van der Waals surface area contributed by atoms with Crippen molar-refractivity contribution in [2.24, 2.45) is 0 Å². The van der Waals surface area contributed by atoms with E-state index in [4.69, 9.17) is 9.47 Å². The third-order valence-corrected chi connectivity index (χ3v) is 4.68. The Labute approximate surface area is 158 Å². The van der Waals surface area contributed by atoms with Crippen molar-refractivity contribution in [3.63, 3.8) is 0 Å². The number of rotatable bonds is 6. The number of H-pyrrole nitrogens is 1. The van der Waals surface area contributed by atoms with Crippen LogP contribution in [0.1, 0.15) is 29.7 Å². The molecule has 1 atom stereocenters. The summed E-state index contributed by atoms with van der Waals surface area (Å²) in [6.45, 7) is 4.72.